The van der Waals surface area contributed by atoms with Crippen molar-refractivity contribution >= 4 is 5.78 Å². The highest BCUT2D eigenvalue weighted by atomic mass is 19.4. The predicted octanol–water partition coefficient (Wildman–Crippen LogP) is 1.90. The minimum absolute atomic E-state index is 0.122. The highest BCUT2D eigenvalue weighted by molar-refractivity contribution is 5.93. The molecule has 2 rings (SSSR count). The molecule has 25 heavy (non-hydrogen) atoms. The molecule has 0 spiro atoms. The van der Waals surface area contributed by atoms with Crippen molar-refractivity contribution in [2.45, 2.75) is 25.4 Å². The molecule has 0 aliphatic heterocycles. The normalized spacial score (nSPS) is 12.3. The average molecular weight is 362 g/mol. The zero-order valence-electron chi connectivity index (χ0n) is 12.9. The molecule has 10 heteroatoms. The first kappa shape index (κ1) is 18.9. The van der Waals surface area contributed by atoms with Gasteiger partial charge in [-0.05, 0) is 24.6 Å². The van der Waals surface area contributed by atoms with Gasteiger partial charge < -0.3 is 14.9 Å². The summed E-state index contributed by atoms with van der Waals surface area (Å²) >= 11 is 0. The van der Waals surface area contributed by atoms with E-state index in [2.05, 4.69) is 9.84 Å². The average Bonchev–Trinajstić information content (AvgIpc) is 2.94. The van der Waals surface area contributed by atoms with Crippen LogP contribution in [0.5, 0.6) is 5.75 Å². The molecule has 1 heterocycles. The summed E-state index contributed by atoms with van der Waals surface area (Å²) < 4.78 is 56.7. The first-order valence-corrected chi connectivity index (χ1v) is 6.96. The van der Waals surface area contributed by atoms with E-state index < -0.39 is 30.1 Å². The van der Waals surface area contributed by atoms with Gasteiger partial charge >= 0.3 is 6.18 Å². The molecule has 0 fully saturated rings. The van der Waals surface area contributed by atoms with Crippen LogP contribution < -0.4 is 4.74 Å². The Labute approximate surface area is 139 Å². The highest BCUT2D eigenvalue weighted by Gasteiger charge is 2.53. The molecule has 2 N–H and O–H groups in total. The predicted molar refractivity (Wildman–Crippen MR) is 76.5 cm³/mol. The van der Waals surface area contributed by atoms with Crippen LogP contribution in [-0.4, -0.2) is 44.3 Å². The fourth-order valence-electron chi connectivity index (χ4n) is 1.84. The zero-order valence-corrected chi connectivity index (χ0v) is 12.9. The Morgan fingerprint density at radius 1 is 1.32 bits per heavy atom. The highest BCUT2D eigenvalue weighted by Crippen LogP contribution is 2.29. The molecule has 0 radical (unpaired) electrons. The number of benzene rings is 1. The summed E-state index contributed by atoms with van der Waals surface area (Å²) in [7, 11) is 0. The molecule has 0 amide bonds. The van der Waals surface area contributed by atoms with Gasteiger partial charge in [-0.25, -0.2) is 4.39 Å². The number of carbonyl (C=O) groups excluding carboxylic acids is 1. The van der Waals surface area contributed by atoms with Crippen molar-refractivity contribution in [3.63, 3.8) is 0 Å². The number of ketones is 1. The molecule has 2 aromatic rings. The maximum atomic E-state index is 13.9. The summed E-state index contributed by atoms with van der Waals surface area (Å²) in [6.45, 7) is -0.0820. The van der Waals surface area contributed by atoms with Crippen LogP contribution in [0.3, 0.4) is 0 Å². The quantitative estimate of drug-likeness (QED) is 0.466. The van der Waals surface area contributed by atoms with Crippen LogP contribution in [0.25, 0.3) is 0 Å². The number of nitrogens with zero attached hydrogens (tertiary/aromatic N) is 2. The van der Waals surface area contributed by atoms with Crippen LogP contribution >= 0.6 is 0 Å². The largest absolute Gasteiger partial charge is 0.485 e. The summed E-state index contributed by atoms with van der Waals surface area (Å²) in [6, 6.07) is 3.44. The number of Topliss-reactive ketones (excluding diaryl/α,β-unsaturated/α-hetero) is 1. The molecule has 0 saturated heterocycles. The van der Waals surface area contributed by atoms with E-state index in [1.165, 1.54) is 30.1 Å². The molecule has 0 aliphatic carbocycles. The Bertz CT molecular complexity index is 771. The molecule has 6 nitrogen and oxygen atoms in total. The monoisotopic (exact) mass is 362 g/mol. The molecule has 0 aliphatic rings. The lowest BCUT2D eigenvalue weighted by Crippen LogP contribution is -2.49. The summed E-state index contributed by atoms with van der Waals surface area (Å²) in [6.07, 6.45) is -2.51. The topological polar surface area (TPSA) is 84.6 Å². The van der Waals surface area contributed by atoms with Gasteiger partial charge in [0.05, 0.1) is 18.3 Å². The Balaban J connectivity index is 2.06. The van der Waals surface area contributed by atoms with Crippen molar-refractivity contribution in [2.24, 2.45) is 0 Å². The Morgan fingerprint density at radius 2 is 2.00 bits per heavy atom. The first-order valence-electron chi connectivity index (χ1n) is 6.96. The van der Waals surface area contributed by atoms with Gasteiger partial charge in [-0.15, -0.1) is 0 Å². The lowest BCUT2D eigenvalue weighted by atomic mass is 10.2. The second-order valence-corrected chi connectivity index (χ2v) is 5.35. The number of aliphatic hydroxyl groups is 2. The van der Waals surface area contributed by atoms with E-state index in [4.69, 9.17) is 10.2 Å². The summed E-state index contributed by atoms with van der Waals surface area (Å²) in [5, 5.41) is 21.6. The van der Waals surface area contributed by atoms with Gasteiger partial charge in [0.1, 0.15) is 0 Å². The number of ether oxygens (including phenoxy) is 1. The number of hydrogen-bond donors (Lipinski definition) is 2. The summed E-state index contributed by atoms with van der Waals surface area (Å²) in [5.41, 5.74) is 0.799. The van der Waals surface area contributed by atoms with E-state index in [0.29, 0.717) is 11.1 Å². The number of halogens is 4. The number of alkyl halides is 3. The van der Waals surface area contributed by atoms with Crippen LogP contribution in [0.15, 0.2) is 30.6 Å². The molecule has 1 aromatic heterocycles. The summed E-state index contributed by atoms with van der Waals surface area (Å²) in [4.78, 5) is 11.2. The zero-order chi connectivity index (χ0) is 18.8. The van der Waals surface area contributed by atoms with Crippen LogP contribution in [0.4, 0.5) is 17.6 Å². The second-order valence-electron chi connectivity index (χ2n) is 5.35. The van der Waals surface area contributed by atoms with Crippen molar-refractivity contribution in [1.29, 1.82) is 0 Å². The van der Waals surface area contributed by atoms with Crippen molar-refractivity contribution in [2.75, 3.05) is 6.61 Å². The number of aromatic nitrogens is 2. The van der Waals surface area contributed by atoms with Gasteiger partial charge in [0, 0.05) is 6.20 Å². The van der Waals surface area contributed by atoms with Crippen LogP contribution in [0.2, 0.25) is 0 Å². The lowest BCUT2D eigenvalue weighted by Gasteiger charge is -2.24. The van der Waals surface area contributed by atoms with Gasteiger partial charge in [0.25, 0.3) is 5.79 Å². The third-order valence-corrected chi connectivity index (χ3v) is 3.26. The molecule has 136 valence electrons. The Hall–Kier alpha value is -2.46. The second kappa shape index (κ2) is 6.81. The fourth-order valence-corrected chi connectivity index (χ4v) is 1.84. The molecular formula is C15H14F4N2O4. The molecule has 1 aromatic carbocycles. The fraction of sp³-hybridized carbons (Fsp3) is 0.333. The molecular weight excluding hydrogens is 348 g/mol. The van der Waals surface area contributed by atoms with Crippen molar-refractivity contribution < 1.29 is 37.3 Å². The molecule has 0 atom stereocenters. The van der Waals surface area contributed by atoms with E-state index in [9.17, 15) is 22.4 Å². The van der Waals surface area contributed by atoms with Crippen LogP contribution in [0.1, 0.15) is 22.8 Å². The minimum atomic E-state index is -5.34. The first-order chi connectivity index (χ1) is 11.5. The van der Waals surface area contributed by atoms with Crippen molar-refractivity contribution in [3.05, 3.63) is 47.5 Å². The van der Waals surface area contributed by atoms with E-state index >= 15 is 0 Å². The standard InChI is InChI=1S/C15H14F4N2O4/c1-9(22)11-5-20-21(7-11)6-10-2-3-13(12(16)4-10)25-8-14(23,24)15(17,18)19/h2-5,7,23-24H,6,8H2,1H3. The summed E-state index contributed by atoms with van der Waals surface area (Å²) in [5.74, 6) is -5.81. The van der Waals surface area contributed by atoms with E-state index in [0.717, 1.165) is 12.1 Å². The van der Waals surface area contributed by atoms with Gasteiger partial charge in [0.15, 0.2) is 24.0 Å². The third kappa shape index (κ3) is 4.54. The third-order valence-electron chi connectivity index (χ3n) is 3.26. The SMILES string of the molecule is CC(=O)c1cnn(Cc2ccc(OCC(O)(O)C(F)(F)F)c(F)c2)c1. The van der Waals surface area contributed by atoms with E-state index in [1.807, 2.05) is 0 Å². The maximum Gasteiger partial charge on any atom is 0.446 e. The van der Waals surface area contributed by atoms with E-state index in [1.54, 1.807) is 0 Å². The van der Waals surface area contributed by atoms with Gasteiger partial charge in [-0.3, -0.25) is 9.48 Å². The Kier molecular flexibility index (Phi) is 5.14. The molecule has 0 unspecified atom stereocenters. The van der Waals surface area contributed by atoms with Crippen LogP contribution in [-0.2, 0) is 6.54 Å². The smallest absolute Gasteiger partial charge is 0.446 e. The van der Waals surface area contributed by atoms with E-state index in [-0.39, 0.29) is 12.3 Å². The maximum absolute atomic E-state index is 13.9. The number of rotatable bonds is 6. The number of carbonyl (C=O) groups is 1. The van der Waals surface area contributed by atoms with Crippen molar-refractivity contribution in [3.8, 4) is 5.75 Å². The van der Waals surface area contributed by atoms with Gasteiger partial charge in [0.2, 0.25) is 0 Å². The van der Waals surface area contributed by atoms with Gasteiger partial charge in [-0.2, -0.15) is 18.3 Å². The minimum Gasteiger partial charge on any atom is -0.485 e. The Morgan fingerprint density at radius 3 is 2.52 bits per heavy atom. The van der Waals surface area contributed by atoms with Crippen molar-refractivity contribution in [1.82, 2.24) is 9.78 Å². The molecule has 0 saturated carbocycles. The lowest BCUT2D eigenvalue weighted by molar-refractivity contribution is -0.355. The number of hydrogen-bond acceptors (Lipinski definition) is 5. The van der Waals surface area contributed by atoms with Crippen LogP contribution in [0, 0.1) is 5.82 Å². The molecule has 0 bridgehead atoms. The van der Waals surface area contributed by atoms with Gasteiger partial charge in [-0.1, -0.05) is 6.07 Å².